The van der Waals surface area contributed by atoms with E-state index in [0.29, 0.717) is 0 Å². The third-order valence-corrected chi connectivity index (χ3v) is 1.58. The van der Waals surface area contributed by atoms with Crippen LogP contribution >= 0.6 is 0 Å². The first-order chi connectivity index (χ1) is 6.93. The van der Waals surface area contributed by atoms with Crippen LogP contribution in [-0.4, -0.2) is 27.1 Å². The molecule has 0 aliphatic carbocycles. The number of aryl methyl sites for hydroxylation is 1. The molecule has 0 aromatic carbocycles. The van der Waals surface area contributed by atoms with E-state index in [1.165, 1.54) is 19.3 Å². The zero-order valence-corrected chi connectivity index (χ0v) is 9.39. The van der Waals surface area contributed by atoms with Crippen LogP contribution in [-0.2, 0) is 16.9 Å². The smallest absolute Gasteiger partial charge is 0.337 e. The second-order valence-corrected chi connectivity index (χ2v) is 3.85. The van der Waals surface area contributed by atoms with E-state index < -0.39 is 10.4 Å². The molecule has 88 valence electrons. The summed E-state index contributed by atoms with van der Waals surface area (Å²) in [6.45, 7) is 3.34. The fraction of sp³-hybridized carbons (Fsp3) is 0.625. The van der Waals surface area contributed by atoms with Gasteiger partial charge in [0.15, 0.2) is 0 Å². The summed E-state index contributed by atoms with van der Waals surface area (Å²) in [5.74, 6) is 0. The molecule has 1 aromatic heterocycles. The number of imidazole rings is 1. The zero-order chi connectivity index (χ0) is 11.7. The topological polar surface area (TPSA) is 92.4 Å². The lowest BCUT2D eigenvalue weighted by molar-refractivity contribution is 0.381. The molecule has 6 nitrogen and oxygen atoms in total. The molecule has 1 aromatic rings. The molecule has 1 heterocycles. The van der Waals surface area contributed by atoms with E-state index in [1.54, 1.807) is 0 Å². The van der Waals surface area contributed by atoms with E-state index in [0.717, 1.165) is 6.54 Å². The highest BCUT2D eigenvalue weighted by Crippen LogP contribution is 1.97. The Morgan fingerprint density at radius 3 is 2.33 bits per heavy atom. The van der Waals surface area contributed by atoms with Gasteiger partial charge in [0.25, 0.3) is 0 Å². The van der Waals surface area contributed by atoms with Gasteiger partial charge in [-0.2, -0.15) is 8.42 Å². The lowest BCUT2D eigenvalue weighted by Gasteiger charge is -1.98. The highest BCUT2D eigenvalue weighted by molar-refractivity contribution is 7.79. The van der Waals surface area contributed by atoms with Gasteiger partial charge in [-0.1, -0.05) is 19.8 Å². The monoisotopic (exact) mass is 236 g/mol. The van der Waals surface area contributed by atoms with Crippen LogP contribution in [0.5, 0.6) is 0 Å². The Morgan fingerprint density at radius 2 is 1.93 bits per heavy atom. The van der Waals surface area contributed by atoms with E-state index in [4.69, 9.17) is 17.5 Å². The highest BCUT2D eigenvalue weighted by atomic mass is 32.3. The molecule has 0 aliphatic heterocycles. The summed E-state index contributed by atoms with van der Waals surface area (Å²) in [5.41, 5.74) is 0. The molecule has 1 rings (SSSR count). The SMILES string of the molecule is CCCCCn1ccnc1.O=S(=O)(O)O. The van der Waals surface area contributed by atoms with Gasteiger partial charge >= 0.3 is 10.4 Å². The summed E-state index contributed by atoms with van der Waals surface area (Å²) in [4.78, 5) is 3.96. The van der Waals surface area contributed by atoms with Crippen molar-refractivity contribution >= 4 is 10.4 Å². The first-order valence-corrected chi connectivity index (χ1v) is 5.98. The Morgan fingerprint density at radius 1 is 1.33 bits per heavy atom. The molecule has 2 N–H and O–H groups in total. The molecule has 0 spiro atoms. The molecular formula is C8H16N2O4S. The summed E-state index contributed by atoms with van der Waals surface area (Å²) in [6, 6.07) is 0. The molecule has 15 heavy (non-hydrogen) atoms. The Hall–Kier alpha value is -0.920. The van der Waals surface area contributed by atoms with Gasteiger partial charge < -0.3 is 4.57 Å². The van der Waals surface area contributed by atoms with Gasteiger partial charge in [0.2, 0.25) is 0 Å². The van der Waals surface area contributed by atoms with Crippen LogP contribution in [0.2, 0.25) is 0 Å². The van der Waals surface area contributed by atoms with Crippen LogP contribution < -0.4 is 0 Å². The maximum Gasteiger partial charge on any atom is 0.394 e. The van der Waals surface area contributed by atoms with Crippen molar-refractivity contribution < 1.29 is 17.5 Å². The normalized spacial score (nSPS) is 10.6. The molecule has 0 amide bonds. The number of hydrogen-bond acceptors (Lipinski definition) is 3. The number of nitrogens with zero attached hydrogens (tertiary/aromatic N) is 2. The minimum absolute atomic E-state index is 1.12. The third kappa shape index (κ3) is 13.1. The molecule has 0 aliphatic rings. The molecular weight excluding hydrogens is 220 g/mol. The molecule has 0 saturated heterocycles. The molecule has 0 saturated carbocycles. The molecule has 0 bridgehead atoms. The van der Waals surface area contributed by atoms with Gasteiger partial charge in [0, 0.05) is 18.9 Å². The molecule has 0 radical (unpaired) electrons. The van der Waals surface area contributed by atoms with Gasteiger partial charge in [-0.3, -0.25) is 9.11 Å². The minimum atomic E-state index is -4.67. The van der Waals surface area contributed by atoms with E-state index in [9.17, 15) is 0 Å². The van der Waals surface area contributed by atoms with Crippen molar-refractivity contribution in [3.63, 3.8) is 0 Å². The standard InChI is InChI=1S/C8H14N2.H2O4S/c1-2-3-4-6-10-7-5-9-8-10;1-5(2,3)4/h5,7-8H,2-4,6H2,1H3;(H2,1,2,3,4). The van der Waals surface area contributed by atoms with Gasteiger partial charge in [-0.15, -0.1) is 0 Å². The van der Waals surface area contributed by atoms with Crippen LogP contribution in [0.25, 0.3) is 0 Å². The molecule has 0 unspecified atom stereocenters. The molecule has 0 atom stereocenters. The van der Waals surface area contributed by atoms with E-state index in [2.05, 4.69) is 16.5 Å². The average Bonchev–Trinajstić information content (AvgIpc) is 2.54. The predicted octanol–water partition coefficient (Wildman–Crippen LogP) is 1.42. The fourth-order valence-corrected chi connectivity index (χ4v) is 0.963. The zero-order valence-electron chi connectivity index (χ0n) is 8.57. The van der Waals surface area contributed by atoms with Crippen molar-refractivity contribution in [1.29, 1.82) is 0 Å². The minimum Gasteiger partial charge on any atom is -0.337 e. The van der Waals surface area contributed by atoms with Crippen LogP contribution in [0.15, 0.2) is 18.7 Å². The first-order valence-electron chi connectivity index (χ1n) is 4.59. The number of unbranched alkanes of at least 4 members (excludes halogenated alkanes) is 2. The van der Waals surface area contributed by atoms with E-state index in [-0.39, 0.29) is 0 Å². The predicted molar refractivity (Wildman–Crippen MR) is 55.9 cm³/mol. The third-order valence-electron chi connectivity index (χ3n) is 1.58. The highest BCUT2D eigenvalue weighted by Gasteiger charge is 1.87. The summed E-state index contributed by atoms with van der Waals surface area (Å²) < 4.78 is 33.7. The second-order valence-electron chi connectivity index (χ2n) is 2.96. The van der Waals surface area contributed by atoms with Gasteiger partial charge in [-0.05, 0) is 6.42 Å². The van der Waals surface area contributed by atoms with E-state index in [1.807, 2.05) is 18.7 Å². The largest absolute Gasteiger partial charge is 0.394 e. The summed E-state index contributed by atoms with van der Waals surface area (Å²) in [7, 11) is -4.67. The maximum absolute atomic E-state index is 8.74. The second kappa shape index (κ2) is 7.38. The number of aromatic nitrogens is 2. The van der Waals surface area contributed by atoms with Crippen molar-refractivity contribution in [2.75, 3.05) is 0 Å². The Kier molecular flexibility index (Phi) is 6.93. The molecule has 0 fully saturated rings. The number of hydrogen-bond donors (Lipinski definition) is 2. The Bertz CT molecular complexity index is 326. The van der Waals surface area contributed by atoms with Gasteiger partial charge in [-0.25, -0.2) is 4.98 Å². The lowest BCUT2D eigenvalue weighted by atomic mass is 10.2. The van der Waals surface area contributed by atoms with Crippen LogP contribution in [0.3, 0.4) is 0 Å². The first kappa shape index (κ1) is 14.1. The van der Waals surface area contributed by atoms with Crippen molar-refractivity contribution in [2.45, 2.75) is 32.7 Å². The van der Waals surface area contributed by atoms with E-state index >= 15 is 0 Å². The average molecular weight is 236 g/mol. The quantitative estimate of drug-likeness (QED) is 0.609. The number of rotatable bonds is 4. The fourth-order valence-electron chi connectivity index (χ4n) is 0.963. The van der Waals surface area contributed by atoms with Crippen molar-refractivity contribution in [3.05, 3.63) is 18.7 Å². The van der Waals surface area contributed by atoms with Crippen molar-refractivity contribution in [2.24, 2.45) is 0 Å². The Balaban J connectivity index is 0.000000336. The molecule has 7 heteroatoms. The van der Waals surface area contributed by atoms with Crippen LogP contribution in [0, 0.1) is 0 Å². The maximum atomic E-state index is 8.74. The lowest BCUT2D eigenvalue weighted by Crippen LogP contribution is -1.92. The van der Waals surface area contributed by atoms with Crippen molar-refractivity contribution in [3.8, 4) is 0 Å². The van der Waals surface area contributed by atoms with Crippen molar-refractivity contribution in [1.82, 2.24) is 9.55 Å². The summed E-state index contributed by atoms with van der Waals surface area (Å²) in [6.07, 6.45) is 9.58. The van der Waals surface area contributed by atoms with Crippen LogP contribution in [0.1, 0.15) is 26.2 Å². The Labute approximate surface area is 89.5 Å². The summed E-state index contributed by atoms with van der Waals surface area (Å²) >= 11 is 0. The van der Waals surface area contributed by atoms with Gasteiger partial charge in [0.05, 0.1) is 6.33 Å². The van der Waals surface area contributed by atoms with Gasteiger partial charge in [0.1, 0.15) is 0 Å². The summed E-state index contributed by atoms with van der Waals surface area (Å²) in [5, 5.41) is 0. The van der Waals surface area contributed by atoms with Crippen LogP contribution in [0.4, 0.5) is 0 Å².